The molecule has 1 aliphatic carbocycles. The van der Waals surface area contributed by atoms with Gasteiger partial charge in [0.1, 0.15) is 0 Å². The number of hydrogen-bond donors (Lipinski definition) is 0. The molecule has 0 aliphatic heterocycles. The van der Waals surface area contributed by atoms with Crippen LogP contribution < -0.4 is 0 Å². The monoisotopic (exact) mass is 137 g/mol. The van der Waals surface area contributed by atoms with Crippen LogP contribution in [0.3, 0.4) is 0 Å². The molecule has 0 N–H and O–H groups in total. The Bertz CT molecular complexity index is 101. The van der Waals surface area contributed by atoms with Crippen LogP contribution in [0, 0.1) is 18.3 Å². The molecule has 0 heteroatoms. The largest absolute Gasteiger partial charge is 0.103 e. The molecule has 1 radical (unpaired) electrons. The number of allylic oxidation sites excluding steroid dienone is 1. The second-order valence-corrected chi connectivity index (χ2v) is 3.21. The molecular formula is C10H17. The third-order valence-electron chi connectivity index (χ3n) is 2.33. The average molecular weight is 137 g/mol. The third kappa shape index (κ3) is 2.55. The zero-order valence-corrected chi connectivity index (χ0v) is 6.84. The fraction of sp³-hybridized carbons (Fsp3) is 0.700. The van der Waals surface area contributed by atoms with Crippen molar-refractivity contribution in [2.45, 2.75) is 32.6 Å². The summed E-state index contributed by atoms with van der Waals surface area (Å²) in [5.41, 5.74) is 0. The lowest BCUT2D eigenvalue weighted by Crippen LogP contribution is -1.93. The Hall–Kier alpha value is -0.260. The second kappa shape index (κ2) is 3.80. The Labute approximate surface area is 64.3 Å². The van der Waals surface area contributed by atoms with Gasteiger partial charge in [-0.05, 0) is 43.9 Å². The van der Waals surface area contributed by atoms with Crippen LogP contribution in [0.4, 0.5) is 0 Å². The fourth-order valence-electron chi connectivity index (χ4n) is 1.25. The highest BCUT2D eigenvalue weighted by Crippen LogP contribution is 2.33. The van der Waals surface area contributed by atoms with Crippen LogP contribution in [0.25, 0.3) is 0 Å². The van der Waals surface area contributed by atoms with E-state index in [1.54, 1.807) is 0 Å². The Morgan fingerprint density at radius 2 is 2.50 bits per heavy atom. The molecule has 2 atom stereocenters. The smallest absolute Gasteiger partial charge is 0.0239 e. The first-order valence-electron chi connectivity index (χ1n) is 4.32. The summed E-state index contributed by atoms with van der Waals surface area (Å²) in [6, 6.07) is 0. The third-order valence-corrected chi connectivity index (χ3v) is 2.33. The molecule has 1 fully saturated rings. The van der Waals surface area contributed by atoms with Gasteiger partial charge in [-0.15, -0.1) is 6.58 Å². The topological polar surface area (TPSA) is 0 Å². The van der Waals surface area contributed by atoms with Crippen LogP contribution in [0.15, 0.2) is 12.7 Å². The summed E-state index contributed by atoms with van der Waals surface area (Å²) in [5.74, 6) is 1.74. The molecule has 57 valence electrons. The van der Waals surface area contributed by atoms with Gasteiger partial charge < -0.3 is 0 Å². The molecule has 0 saturated heterocycles. The van der Waals surface area contributed by atoms with Gasteiger partial charge >= 0.3 is 0 Å². The molecule has 1 saturated carbocycles. The van der Waals surface area contributed by atoms with Gasteiger partial charge in [-0.25, -0.2) is 0 Å². The van der Waals surface area contributed by atoms with Gasteiger partial charge in [0, 0.05) is 0 Å². The van der Waals surface area contributed by atoms with Crippen molar-refractivity contribution in [3.05, 3.63) is 19.1 Å². The van der Waals surface area contributed by atoms with Crippen molar-refractivity contribution >= 4 is 0 Å². The predicted molar refractivity (Wildman–Crippen MR) is 45.6 cm³/mol. The standard InChI is InChI=1S/C10H17/c1-3-9(4-2)5-6-10-7-8-10/h3,7,9-10H,1,4-6,8H2,2H3. The Balaban J connectivity index is 2.02. The Morgan fingerprint density at radius 1 is 1.80 bits per heavy atom. The van der Waals surface area contributed by atoms with Gasteiger partial charge in [0.25, 0.3) is 0 Å². The quantitative estimate of drug-likeness (QED) is 0.510. The SMILES string of the molecule is C=CC(CC)CCC1[CH]C1. The van der Waals surface area contributed by atoms with E-state index in [2.05, 4.69) is 26.0 Å². The molecule has 0 aromatic carbocycles. The minimum Gasteiger partial charge on any atom is -0.103 e. The van der Waals surface area contributed by atoms with E-state index in [1.165, 1.54) is 25.7 Å². The summed E-state index contributed by atoms with van der Waals surface area (Å²) in [6.07, 6.45) is 9.87. The lowest BCUT2D eigenvalue weighted by atomic mass is 9.99. The first-order valence-corrected chi connectivity index (χ1v) is 4.32. The summed E-state index contributed by atoms with van der Waals surface area (Å²) >= 11 is 0. The van der Waals surface area contributed by atoms with Crippen molar-refractivity contribution < 1.29 is 0 Å². The fourth-order valence-corrected chi connectivity index (χ4v) is 1.25. The minimum atomic E-state index is 0.772. The van der Waals surface area contributed by atoms with Gasteiger partial charge in [-0.1, -0.05) is 13.0 Å². The van der Waals surface area contributed by atoms with Gasteiger partial charge in [0.15, 0.2) is 0 Å². The van der Waals surface area contributed by atoms with E-state index in [0.717, 1.165) is 11.8 Å². The zero-order valence-electron chi connectivity index (χ0n) is 6.84. The predicted octanol–water partition coefficient (Wildman–Crippen LogP) is 3.20. The molecule has 1 rings (SSSR count). The van der Waals surface area contributed by atoms with Gasteiger partial charge in [0.05, 0.1) is 0 Å². The van der Waals surface area contributed by atoms with E-state index in [4.69, 9.17) is 0 Å². The molecule has 0 amide bonds. The van der Waals surface area contributed by atoms with Crippen LogP contribution in [0.1, 0.15) is 32.6 Å². The van der Waals surface area contributed by atoms with E-state index in [1.807, 2.05) is 0 Å². The van der Waals surface area contributed by atoms with Gasteiger partial charge in [-0.2, -0.15) is 0 Å². The first kappa shape index (κ1) is 7.84. The van der Waals surface area contributed by atoms with Crippen molar-refractivity contribution in [3.8, 4) is 0 Å². The summed E-state index contributed by atoms with van der Waals surface area (Å²) < 4.78 is 0. The van der Waals surface area contributed by atoms with Crippen molar-refractivity contribution in [2.24, 2.45) is 11.8 Å². The van der Waals surface area contributed by atoms with E-state index in [-0.39, 0.29) is 0 Å². The number of hydrogen-bond acceptors (Lipinski definition) is 0. The van der Waals surface area contributed by atoms with Gasteiger partial charge in [0.2, 0.25) is 0 Å². The molecule has 0 spiro atoms. The first-order chi connectivity index (χ1) is 4.86. The zero-order chi connectivity index (χ0) is 7.40. The molecule has 0 aromatic heterocycles. The molecule has 0 aromatic rings. The molecule has 1 aliphatic rings. The molecule has 0 bridgehead atoms. The van der Waals surface area contributed by atoms with Gasteiger partial charge in [-0.3, -0.25) is 0 Å². The minimum absolute atomic E-state index is 0.772. The molecule has 0 heterocycles. The van der Waals surface area contributed by atoms with Crippen LogP contribution in [0.5, 0.6) is 0 Å². The summed E-state index contributed by atoms with van der Waals surface area (Å²) in [7, 11) is 0. The van der Waals surface area contributed by atoms with Crippen molar-refractivity contribution in [3.63, 3.8) is 0 Å². The van der Waals surface area contributed by atoms with Crippen LogP contribution >= 0.6 is 0 Å². The molecule has 0 nitrogen and oxygen atoms in total. The summed E-state index contributed by atoms with van der Waals surface area (Å²) in [5, 5.41) is 0. The van der Waals surface area contributed by atoms with Crippen molar-refractivity contribution in [2.75, 3.05) is 0 Å². The van der Waals surface area contributed by atoms with E-state index < -0.39 is 0 Å². The number of rotatable bonds is 5. The average Bonchev–Trinajstić information content (AvgIpc) is 2.74. The summed E-state index contributed by atoms with van der Waals surface area (Å²) in [4.78, 5) is 0. The van der Waals surface area contributed by atoms with E-state index in [9.17, 15) is 0 Å². The molecule has 2 unspecified atom stereocenters. The Kier molecular flexibility index (Phi) is 2.98. The maximum Gasteiger partial charge on any atom is -0.0239 e. The lowest BCUT2D eigenvalue weighted by molar-refractivity contribution is 0.527. The second-order valence-electron chi connectivity index (χ2n) is 3.21. The molecular weight excluding hydrogens is 120 g/mol. The highest BCUT2D eigenvalue weighted by molar-refractivity contribution is 4.95. The Morgan fingerprint density at radius 3 is 2.90 bits per heavy atom. The summed E-state index contributed by atoms with van der Waals surface area (Å²) in [6.45, 7) is 6.06. The van der Waals surface area contributed by atoms with Crippen LogP contribution in [-0.2, 0) is 0 Å². The van der Waals surface area contributed by atoms with E-state index >= 15 is 0 Å². The maximum atomic E-state index is 3.82. The van der Waals surface area contributed by atoms with Crippen molar-refractivity contribution in [1.82, 2.24) is 0 Å². The van der Waals surface area contributed by atoms with Crippen LogP contribution in [0.2, 0.25) is 0 Å². The maximum absolute atomic E-state index is 3.82. The highest BCUT2D eigenvalue weighted by Gasteiger charge is 2.21. The normalized spacial score (nSPS) is 20.5. The molecule has 10 heavy (non-hydrogen) atoms. The van der Waals surface area contributed by atoms with Crippen molar-refractivity contribution in [1.29, 1.82) is 0 Å². The lowest BCUT2D eigenvalue weighted by Gasteiger charge is -2.07. The van der Waals surface area contributed by atoms with E-state index in [0.29, 0.717) is 0 Å². The highest BCUT2D eigenvalue weighted by atomic mass is 14.3. The van der Waals surface area contributed by atoms with Crippen LogP contribution in [-0.4, -0.2) is 0 Å².